The molecule has 1 aromatic carbocycles. The van der Waals surface area contributed by atoms with Gasteiger partial charge in [-0.1, -0.05) is 0 Å². The molecule has 4 unspecified atom stereocenters. The van der Waals surface area contributed by atoms with E-state index in [4.69, 9.17) is 5.41 Å². The molecule has 2 aromatic rings. The first kappa shape index (κ1) is 21.6. The first-order valence-corrected chi connectivity index (χ1v) is 10.6. The van der Waals surface area contributed by atoms with Gasteiger partial charge in [0.15, 0.2) is 0 Å². The van der Waals surface area contributed by atoms with Crippen LogP contribution in [0.25, 0.3) is 0 Å². The summed E-state index contributed by atoms with van der Waals surface area (Å²) in [6.07, 6.45) is -0.575. The van der Waals surface area contributed by atoms with Crippen molar-refractivity contribution in [3.63, 3.8) is 0 Å². The van der Waals surface area contributed by atoms with Crippen molar-refractivity contribution in [1.82, 2.24) is 15.3 Å². The van der Waals surface area contributed by atoms with Gasteiger partial charge in [0.1, 0.15) is 23.6 Å². The van der Waals surface area contributed by atoms with Crippen LogP contribution in [0.4, 0.5) is 21.7 Å². The molecule has 1 aromatic heterocycles. The number of aliphatic hydroxyl groups is 2. The summed E-state index contributed by atoms with van der Waals surface area (Å²) in [5, 5.41) is 33.9. The average molecular weight is 429 g/mol. The number of nitrogens with one attached hydrogen (secondary N) is 3. The van der Waals surface area contributed by atoms with Crippen LogP contribution in [-0.4, -0.2) is 71.0 Å². The molecule has 9 heteroatoms. The molecule has 0 radical (unpaired) electrons. The number of aromatic nitrogens is 2. The number of halogens is 1. The van der Waals surface area contributed by atoms with Gasteiger partial charge in [-0.15, -0.1) is 0 Å². The minimum absolute atomic E-state index is 0.183. The molecular weight excluding hydrogens is 399 g/mol. The Balaban J connectivity index is 1.65. The first-order chi connectivity index (χ1) is 14.9. The van der Waals surface area contributed by atoms with Crippen LogP contribution in [0.2, 0.25) is 0 Å². The number of rotatable bonds is 5. The maximum Gasteiger partial charge on any atom is 0.136 e. The first-order valence-electron chi connectivity index (χ1n) is 10.6. The van der Waals surface area contributed by atoms with Crippen LogP contribution < -0.4 is 15.5 Å². The van der Waals surface area contributed by atoms with Crippen LogP contribution in [0.15, 0.2) is 18.2 Å². The molecule has 2 fully saturated rings. The molecule has 0 saturated carbocycles. The summed E-state index contributed by atoms with van der Waals surface area (Å²) in [4.78, 5) is 10.7. The highest BCUT2D eigenvalue weighted by molar-refractivity contribution is 5.88. The van der Waals surface area contributed by atoms with E-state index in [1.165, 1.54) is 6.21 Å². The van der Waals surface area contributed by atoms with Crippen LogP contribution in [0.5, 0.6) is 0 Å². The zero-order valence-corrected chi connectivity index (χ0v) is 17.8. The molecule has 4 atom stereocenters. The summed E-state index contributed by atoms with van der Waals surface area (Å²) in [5.74, 6) is 1.51. The van der Waals surface area contributed by atoms with E-state index >= 15 is 0 Å². The highest BCUT2D eigenvalue weighted by atomic mass is 19.1. The number of β-amino-alcohol motifs (C(OH)–C–C–N with tert-alkyl or cyclic N) is 2. The number of hydrogen-bond donors (Lipinski definition) is 5. The Labute approximate surface area is 181 Å². The third-order valence-corrected chi connectivity index (χ3v) is 6.07. The molecule has 31 heavy (non-hydrogen) atoms. The predicted octanol–water partition coefficient (Wildman–Crippen LogP) is 1.79. The van der Waals surface area contributed by atoms with E-state index in [1.54, 1.807) is 13.0 Å². The number of aliphatic hydroxyl groups excluding tert-OH is 2. The van der Waals surface area contributed by atoms with Crippen LogP contribution in [0.1, 0.15) is 34.9 Å². The van der Waals surface area contributed by atoms with Crippen molar-refractivity contribution in [2.24, 2.45) is 0 Å². The van der Waals surface area contributed by atoms with Gasteiger partial charge in [-0.3, -0.25) is 0 Å². The number of anilines is 3. The van der Waals surface area contributed by atoms with E-state index in [-0.39, 0.29) is 5.92 Å². The van der Waals surface area contributed by atoms with Gasteiger partial charge < -0.3 is 31.2 Å². The third kappa shape index (κ3) is 4.53. The van der Waals surface area contributed by atoms with Crippen molar-refractivity contribution in [2.45, 2.75) is 44.6 Å². The standard InChI is InChI=1S/C22H29FN6O2/c1-12-5-14(8-24)18(6-16(12)15-3-4-25-9-17(15)23)28-21-7-22(27-13(2)26-21)29-10-19(30)20(31)11-29/h5-8,15,17,19-20,24-25,30-31H,3-4,9-11H2,1-2H3,(H,26,27,28). The normalized spacial score (nSPS) is 26.2. The van der Waals surface area contributed by atoms with Gasteiger partial charge in [-0.25, -0.2) is 14.4 Å². The molecule has 166 valence electrons. The monoisotopic (exact) mass is 428 g/mol. The molecule has 8 nitrogen and oxygen atoms in total. The maximum atomic E-state index is 14.6. The van der Waals surface area contributed by atoms with Gasteiger partial charge in [0.2, 0.25) is 0 Å². The molecule has 3 heterocycles. The van der Waals surface area contributed by atoms with E-state index in [0.29, 0.717) is 48.3 Å². The SMILES string of the molecule is Cc1nc(Nc2cc(C3CCNCC3F)c(C)cc2C=N)cc(N2CC(O)C(O)C2)n1. The lowest BCUT2D eigenvalue weighted by Crippen LogP contribution is -2.37. The number of aryl methyl sites for hydroxylation is 2. The van der Waals surface area contributed by atoms with E-state index < -0.39 is 18.4 Å². The van der Waals surface area contributed by atoms with Crippen molar-refractivity contribution >= 4 is 23.5 Å². The van der Waals surface area contributed by atoms with Gasteiger partial charge in [-0.05, 0) is 50.1 Å². The maximum absolute atomic E-state index is 14.6. The summed E-state index contributed by atoms with van der Waals surface area (Å²) in [6, 6.07) is 5.59. The Morgan fingerprint density at radius 3 is 2.61 bits per heavy atom. The second kappa shape index (κ2) is 8.86. The van der Waals surface area contributed by atoms with Gasteiger partial charge in [0.05, 0.1) is 12.2 Å². The Kier molecular flexibility index (Phi) is 6.17. The summed E-state index contributed by atoms with van der Waals surface area (Å²) in [6.45, 7) is 5.45. The van der Waals surface area contributed by atoms with Gasteiger partial charge in [-0.2, -0.15) is 0 Å². The highest BCUT2D eigenvalue weighted by Crippen LogP contribution is 2.34. The quantitative estimate of drug-likeness (QED) is 0.461. The Morgan fingerprint density at radius 2 is 1.94 bits per heavy atom. The Bertz CT molecular complexity index is 961. The summed E-state index contributed by atoms with van der Waals surface area (Å²) in [7, 11) is 0. The second-order valence-corrected chi connectivity index (χ2v) is 8.38. The number of piperidine rings is 1. The summed E-state index contributed by atoms with van der Waals surface area (Å²) >= 11 is 0. The molecule has 2 aliphatic heterocycles. The van der Waals surface area contributed by atoms with Gasteiger partial charge >= 0.3 is 0 Å². The van der Waals surface area contributed by atoms with Crippen molar-refractivity contribution in [3.8, 4) is 0 Å². The number of benzene rings is 1. The van der Waals surface area contributed by atoms with Crippen LogP contribution >= 0.6 is 0 Å². The van der Waals surface area contributed by atoms with Gasteiger partial charge in [0, 0.05) is 49.1 Å². The zero-order chi connectivity index (χ0) is 22.1. The topological polar surface area (TPSA) is 117 Å². The van der Waals surface area contributed by atoms with E-state index in [0.717, 1.165) is 24.1 Å². The molecule has 2 saturated heterocycles. The minimum Gasteiger partial charge on any atom is -0.389 e. The van der Waals surface area contributed by atoms with Crippen molar-refractivity contribution < 1.29 is 14.6 Å². The molecule has 2 aliphatic rings. The van der Waals surface area contributed by atoms with E-state index in [1.807, 2.05) is 24.0 Å². The fourth-order valence-electron chi connectivity index (χ4n) is 4.42. The predicted molar refractivity (Wildman–Crippen MR) is 118 cm³/mol. The smallest absolute Gasteiger partial charge is 0.136 e. The summed E-state index contributed by atoms with van der Waals surface area (Å²) < 4.78 is 14.6. The minimum atomic E-state index is -0.952. The number of hydrogen-bond acceptors (Lipinski definition) is 8. The van der Waals surface area contributed by atoms with Crippen LogP contribution in [0, 0.1) is 19.3 Å². The average Bonchev–Trinajstić information content (AvgIpc) is 3.08. The van der Waals surface area contributed by atoms with Crippen LogP contribution in [0.3, 0.4) is 0 Å². The fraction of sp³-hybridized carbons (Fsp3) is 0.500. The molecule has 5 N–H and O–H groups in total. The molecular formula is C22H29FN6O2. The molecule has 0 spiro atoms. The van der Waals surface area contributed by atoms with E-state index in [2.05, 4.69) is 20.6 Å². The van der Waals surface area contributed by atoms with Crippen molar-refractivity contribution in [3.05, 3.63) is 40.7 Å². The second-order valence-electron chi connectivity index (χ2n) is 8.38. The largest absolute Gasteiger partial charge is 0.389 e. The molecule has 0 bridgehead atoms. The molecule has 0 aliphatic carbocycles. The molecule has 0 amide bonds. The van der Waals surface area contributed by atoms with Crippen LogP contribution in [-0.2, 0) is 0 Å². The van der Waals surface area contributed by atoms with E-state index in [9.17, 15) is 14.6 Å². The van der Waals surface area contributed by atoms with Crippen molar-refractivity contribution in [1.29, 1.82) is 5.41 Å². The third-order valence-electron chi connectivity index (χ3n) is 6.07. The zero-order valence-electron chi connectivity index (χ0n) is 17.8. The number of nitrogens with zero attached hydrogens (tertiary/aromatic N) is 3. The summed E-state index contributed by atoms with van der Waals surface area (Å²) in [5.41, 5.74) is 3.29. The lowest BCUT2D eigenvalue weighted by atomic mass is 9.85. The highest BCUT2D eigenvalue weighted by Gasteiger charge is 2.31. The Morgan fingerprint density at radius 1 is 1.19 bits per heavy atom. The lowest BCUT2D eigenvalue weighted by molar-refractivity contribution is 0.0572. The fourth-order valence-corrected chi connectivity index (χ4v) is 4.42. The molecule has 4 rings (SSSR count). The lowest BCUT2D eigenvalue weighted by Gasteiger charge is -2.29. The number of alkyl halides is 1. The Hall–Kier alpha value is -2.62. The van der Waals surface area contributed by atoms with Crippen molar-refractivity contribution in [2.75, 3.05) is 36.4 Å². The van der Waals surface area contributed by atoms with Gasteiger partial charge in [0.25, 0.3) is 0 Å².